The van der Waals surface area contributed by atoms with E-state index in [1.165, 1.54) is 4.90 Å². The zero-order valence-corrected chi connectivity index (χ0v) is 16.7. The average molecular weight is 449 g/mol. The summed E-state index contributed by atoms with van der Waals surface area (Å²) in [6, 6.07) is 3.03. The number of hydrogen-bond acceptors (Lipinski definition) is 3. The van der Waals surface area contributed by atoms with Gasteiger partial charge in [-0.15, -0.1) is 0 Å². The summed E-state index contributed by atoms with van der Waals surface area (Å²) in [5.41, 5.74) is -1.58. The molecule has 0 spiro atoms. The van der Waals surface area contributed by atoms with E-state index < -0.39 is 36.2 Å². The summed E-state index contributed by atoms with van der Waals surface area (Å²) in [4.78, 5) is 13.8. The molecule has 0 N–H and O–H groups in total. The molecule has 0 saturated heterocycles. The second-order valence-corrected chi connectivity index (χ2v) is 7.34. The molecule has 3 rings (SSSR count). The van der Waals surface area contributed by atoms with Gasteiger partial charge in [-0.1, -0.05) is 13.3 Å². The number of hydrogen-bond donors (Lipinski definition) is 0. The first-order valence-corrected chi connectivity index (χ1v) is 9.73. The number of amides is 1. The molecule has 5 nitrogen and oxygen atoms in total. The summed E-state index contributed by atoms with van der Waals surface area (Å²) in [6.45, 7) is 2.45. The van der Waals surface area contributed by atoms with Crippen molar-refractivity contribution in [3.8, 4) is 0 Å². The average Bonchev–Trinajstić information content (AvgIpc) is 2.94. The lowest BCUT2D eigenvalue weighted by molar-refractivity contribution is -0.143. The summed E-state index contributed by atoms with van der Waals surface area (Å²) < 4.78 is 84.7. The van der Waals surface area contributed by atoms with Gasteiger partial charge in [-0.2, -0.15) is 31.4 Å². The van der Waals surface area contributed by atoms with Crippen molar-refractivity contribution in [1.29, 1.82) is 0 Å². The highest BCUT2D eigenvalue weighted by molar-refractivity contribution is 5.67. The van der Waals surface area contributed by atoms with E-state index in [-0.39, 0.29) is 18.2 Å². The number of carbonyl (C=O) groups is 1. The fourth-order valence-corrected chi connectivity index (χ4v) is 3.39. The molecular weight excluding hydrogens is 428 g/mol. The molecule has 0 bridgehead atoms. The molecule has 0 fully saturated rings. The number of rotatable bonds is 4. The van der Waals surface area contributed by atoms with Crippen LogP contribution < -0.4 is 0 Å². The van der Waals surface area contributed by atoms with Gasteiger partial charge in [0, 0.05) is 13.1 Å². The molecule has 0 radical (unpaired) electrons. The summed E-state index contributed by atoms with van der Waals surface area (Å²) >= 11 is 0. The molecule has 31 heavy (non-hydrogen) atoms. The smallest absolute Gasteiger partial charge is 0.416 e. The lowest BCUT2D eigenvalue weighted by Gasteiger charge is -2.20. The first-order valence-electron chi connectivity index (χ1n) is 9.73. The van der Waals surface area contributed by atoms with Crippen LogP contribution in [0.3, 0.4) is 0 Å². The maximum Gasteiger partial charge on any atom is 0.416 e. The minimum Gasteiger partial charge on any atom is -0.445 e. The molecule has 170 valence electrons. The molecule has 0 saturated carbocycles. The molecule has 2 heterocycles. The third-order valence-electron chi connectivity index (χ3n) is 4.84. The van der Waals surface area contributed by atoms with Gasteiger partial charge >= 0.3 is 18.4 Å². The Hall–Kier alpha value is -2.72. The van der Waals surface area contributed by atoms with Crippen LogP contribution in [-0.4, -0.2) is 27.3 Å². The number of nitrogens with zero attached hydrogens (tertiary/aromatic N) is 3. The number of halogens is 6. The minimum absolute atomic E-state index is 0.0369. The molecule has 1 aliphatic rings. The zero-order chi connectivity index (χ0) is 22.8. The van der Waals surface area contributed by atoms with Gasteiger partial charge in [0.1, 0.15) is 6.61 Å². The Morgan fingerprint density at radius 1 is 1.03 bits per heavy atom. The van der Waals surface area contributed by atoms with Crippen molar-refractivity contribution in [2.45, 2.75) is 58.2 Å². The number of alkyl halides is 6. The highest BCUT2D eigenvalue weighted by atomic mass is 19.4. The second kappa shape index (κ2) is 8.80. The van der Waals surface area contributed by atoms with E-state index in [9.17, 15) is 31.1 Å². The van der Waals surface area contributed by atoms with Gasteiger partial charge in [0.2, 0.25) is 0 Å². The number of ether oxygens (including phenoxy) is 1. The third-order valence-corrected chi connectivity index (χ3v) is 4.84. The predicted molar refractivity (Wildman–Crippen MR) is 97.9 cm³/mol. The summed E-state index contributed by atoms with van der Waals surface area (Å²) in [7, 11) is 0. The number of carbonyl (C=O) groups excluding carboxylic acids is 1. The Morgan fingerprint density at radius 2 is 1.68 bits per heavy atom. The topological polar surface area (TPSA) is 47.4 Å². The summed E-state index contributed by atoms with van der Waals surface area (Å²) in [6.07, 6.45) is -8.42. The van der Waals surface area contributed by atoms with Crippen molar-refractivity contribution < 1.29 is 35.9 Å². The van der Waals surface area contributed by atoms with Crippen molar-refractivity contribution in [1.82, 2.24) is 14.7 Å². The number of benzene rings is 1. The molecule has 1 aromatic heterocycles. The highest BCUT2D eigenvalue weighted by Crippen LogP contribution is 2.36. The fourth-order valence-electron chi connectivity index (χ4n) is 3.39. The fraction of sp³-hybridized carbons (Fsp3) is 0.500. The van der Waals surface area contributed by atoms with E-state index in [4.69, 9.17) is 4.74 Å². The van der Waals surface area contributed by atoms with Crippen LogP contribution in [0.4, 0.5) is 31.1 Å². The van der Waals surface area contributed by atoms with Gasteiger partial charge in [0.05, 0.1) is 29.1 Å². The van der Waals surface area contributed by atoms with E-state index in [2.05, 4.69) is 5.10 Å². The Morgan fingerprint density at radius 3 is 2.26 bits per heavy atom. The standard InChI is InChI=1S/C20H21F6N3O2/c1-2-4-16-10-17-11-28(5-3-6-29(17)27-16)18(30)31-12-13-7-14(19(21,22)23)9-15(8-13)20(24,25)26/h7-10H,2-6,11-12H2,1H3. The van der Waals surface area contributed by atoms with Crippen LogP contribution in [-0.2, 0) is 43.2 Å². The molecule has 11 heteroatoms. The minimum atomic E-state index is -4.96. The number of aryl methyl sites for hydroxylation is 2. The second-order valence-electron chi connectivity index (χ2n) is 7.34. The van der Waals surface area contributed by atoms with Crippen molar-refractivity contribution in [3.05, 3.63) is 52.3 Å². The van der Waals surface area contributed by atoms with E-state index in [0.717, 1.165) is 24.2 Å². The quantitative estimate of drug-likeness (QED) is 0.586. The van der Waals surface area contributed by atoms with Crippen LogP contribution in [0.15, 0.2) is 24.3 Å². The maximum absolute atomic E-state index is 13.0. The molecule has 2 aromatic rings. The molecule has 0 aliphatic carbocycles. The van der Waals surface area contributed by atoms with E-state index in [1.54, 1.807) is 4.68 Å². The van der Waals surface area contributed by atoms with Gasteiger partial charge < -0.3 is 9.64 Å². The Labute approximate surface area is 174 Å². The summed E-state index contributed by atoms with van der Waals surface area (Å²) in [5.74, 6) is 0. The van der Waals surface area contributed by atoms with Crippen molar-refractivity contribution in [2.75, 3.05) is 6.54 Å². The normalized spacial score (nSPS) is 14.9. The molecule has 1 aromatic carbocycles. The molecule has 0 atom stereocenters. The molecule has 1 aliphatic heterocycles. The van der Waals surface area contributed by atoms with Crippen molar-refractivity contribution in [2.24, 2.45) is 0 Å². The van der Waals surface area contributed by atoms with Crippen LogP contribution in [0.5, 0.6) is 0 Å². The summed E-state index contributed by atoms with van der Waals surface area (Å²) in [5, 5.41) is 4.48. The van der Waals surface area contributed by atoms with Crippen LogP contribution in [0.2, 0.25) is 0 Å². The van der Waals surface area contributed by atoms with Gasteiger partial charge in [-0.05, 0) is 42.7 Å². The molecule has 1 amide bonds. The third kappa shape index (κ3) is 5.71. The lowest BCUT2D eigenvalue weighted by Crippen LogP contribution is -2.31. The lowest BCUT2D eigenvalue weighted by atomic mass is 10.1. The van der Waals surface area contributed by atoms with Gasteiger partial charge in [-0.3, -0.25) is 4.68 Å². The van der Waals surface area contributed by atoms with Crippen LogP contribution in [0, 0.1) is 0 Å². The van der Waals surface area contributed by atoms with Crippen molar-refractivity contribution in [3.63, 3.8) is 0 Å². The monoisotopic (exact) mass is 449 g/mol. The first-order chi connectivity index (χ1) is 14.5. The molecular formula is C20H21F6N3O2. The Kier molecular flexibility index (Phi) is 6.51. The van der Waals surface area contributed by atoms with E-state index in [1.807, 2.05) is 13.0 Å². The SMILES string of the molecule is CCCc1cc2n(n1)CCCN(C(=O)OCc1cc(C(F)(F)F)cc(C(F)(F)F)c1)C2. The highest BCUT2D eigenvalue weighted by Gasteiger charge is 2.37. The van der Waals surface area contributed by atoms with Crippen LogP contribution in [0.25, 0.3) is 0 Å². The van der Waals surface area contributed by atoms with Gasteiger partial charge in [-0.25, -0.2) is 4.79 Å². The van der Waals surface area contributed by atoms with Gasteiger partial charge in [0.25, 0.3) is 0 Å². The van der Waals surface area contributed by atoms with Crippen molar-refractivity contribution >= 4 is 6.09 Å². The largest absolute Gasteiger partial charge is 0.445 e. The van der Waals surface area contributed by atoms with Gasteiger partial charge in [0.15, 0.2) is 0 Å². The molecule has 0 unspecified atom stereocenters. The van der Waals surface area contributed by atoms with E-state index in [0.29, 0.717) is 31.6 Å². The van der Waals surface area contributed by atoms with E-state index >= 15 is 0 Å². The van der Waals surface area contributed by atoms with Crippen LogP contribution >= 0.6 is 0 Å². The predicted octanol–water partition coefficient (Wildman–Crippen LogP) is 5.42. The Bertz CT molecular complexity index is 904. The first kappa shape index (κ1) is 23.0. The number of fused-ring (bicyclic) bond motifs is 1. The Balaban J connectivity index is 1.72. The maximum atomic E-state index is 13.0. The number of aromatic nitrogens is 2. The van der Waals surface area contributed by atoms with Crippen LogP contribution in [0.1, 0.15) is 47.8 Å². The zero-order valence-electron chi connectivity index (χ0n) is 16.7.